The molecule has 0 radical (unpaired) electrons. The molecular weight excluding hydrogens is 266 g/mol. The van der Waals surface area contributed by atoms with Crippen LogP contribution in [0.25, 0.3) is 0 Å². The van der Waals surface area contributed by atoms with E-state index in [0.29, 0.717) is 11.3 Å². The van der Waals surface area contributed by atoms with Crippen molar-refractivity contribution >= 4 is 12.2 Å². The summed E-state index contributed by atoms with van der Waals surface area (Å²) in [4.78, 5) is 22.5. The molecular formula is C17H17NO3. The topological polar surface area (TPSA) is 55.4 Å². The number of hydrogen-bond acceptors (Lipinski definition) is 3. The standard InChI is InChI=1S/C17H17NO3/c1-13(15-7-3-2-4-8-15)18-17(20)12-21-16-9-5-6-14(10-16)11-19/h2-11,13H,12H2,1H3,(H,18,20)/t13-/m0/s1. The minimum atomic E-state index is -0.206. The quantitative estimate of drug-likeness (QED) is 0.829. The first kappa shape index (κ1) is 14.8. The van der Waals surface area contributed by atoms with Gasteiger partial charge in [0.1, 0.15) is 12.0 Å². The minimum Gasteiger partial charge on any atom is -0.484 e. The molecule has 0 aromatic heterocycles. The summed E-state index contributed by atoms with van der Waals surface area (Å²) in [5.74, 6) is 0.296. The molecule has 0 unspecified atom stereocenters. The van der Waals surface area contributed by atoms with E-state index in [9.17, 15) is 9.59 Å². The van der Waals surface area contributed by atoms with Crippen molar-refractivity contribution in [3.05, 3.63) is 65.7 Å². The third kappa shape index (κ3) is 4.45. The number of nitrogens with one attached hydrogen (secondary N) is 1. The highest BCUT2D eigenvalue weighted by Gasteiger charge is 2.09. The normalized spacial score (nSPS) is 11.5. The van der Waals surface area contributed by atoms with Crippen LogP contribution in [0, 0.1) is 0 Å². The van der Waals surface area contributed by atoms with E-state index in [2.05, 4.69) is 5.32 Å². The summed E-state index contributed by atoms with van der Waals surface area (Å²) in [6.07, 6.45) is 0.740. The van der Waals surface area contributed by atoms with Gasteiger partial charge in [0.25, 0.3) is 5.91 Å². The lowest BCUT2D eigenvalue weighted by Gasteiger charge is -2.14. The van der Waals surface area contributed by atoms with Crippen molar-refractivity contribution in [2.75, 3.05) is 6.61 Å². The number of hydrogen-bond donors (Lipinski definition) is 1. The molecule has 1 N–H and O–H groups in total. The summed E-state index contributed by atoms with van der Waals surface area (Å²) in [5, 5.41) is 2.86. The Labute approximate surface area is 123 Å². The molecule has 2 aromatic rings. The fourth-order valence-corrected chi connectivity index (χ4v) is 1.93. The predicted molar refractivity (Wildman–Crippen MR) is 80.3 cm³/mol. The molecule has 1 amide bonds. The highest BCUT2D eigenvalue weighted by Crippen LogP contribution is 2.13. The molecule has 4 heteroatoms. The van der Waals surface area contributed by atoms with Crippen LogP contribution in [0.1, 0.15) is 28.9 Å². The fraction of sp³-hybridized carbons (Fsp3) is 0.176. The molecule has 21 heavy (non-hydrogen) atoms. The number of amides is 1. The van der Waals surface area contributed by atoms with Crippen molar-refractivity contribution in [2.24, 2.45) is 0 Å². The maximum absolute atomic E-state index is 11.8. The first-order chi connectivity index (χ1) is 10.2. The number of carbonyl (C=O) groups is 2. The molecule has 0 fully saturated rings. The number of aldehydes is 1. The smallest absolute Gasteiger partial charge is 0.258 e. The average molecular weight is 283 g/mol. The fourth-order valence-electron chi connectivity index (χ4n) is 1.93. The zero-order chi connectivity index (χ0) is 15.1. The van der Waals surface area contributed by atoms with Gasteiger partial charge in [0.2, 0.25) is 0 Å². The van der Waals surface area contributed by atoms with E-state index in [0.717, 1.165) is 11.8 Å². The molecule has 0 saturated heterocycles. The van der Waals surface area contributed by atoms with Gasteiger partial charge in [-0.05, 0) is 24.6 Å². The SMILES string of the molecule is C[C@H](NC(=O)COc1cccc(C=O)c1)c1ccccc1. The number of ether oxygens (including phenoxy) is 1. The Hall–Kier alpha value is -2.62. The first-order valence-corrected chi connectivity index (χ1v) is 6.71. The summed E-state index contributed by atoms with van der Waals surface area (Å²) in [7, 11) is 0. The van der Waals surface area contributed by atoms with E-state index in [1.54, 1.807) is 24.3 Å². The van der Waals surface area contributed by atoms with Crippen molar-refractivity contribution in [3.63, 3.8) is 0 Å². The zero-order valence-electron chi connectivity index (χ0n) is 11.8. The lowest BCUT2D eigenvalue weighted by molar-refractivity contribution is -0.123. The lowest BCUT2D eigenvalue weighted by Crippen LogP contribution is -2.31. The largest absolute Gasteiger partial charge is 0.484 e. The van der Waals surface area contributed by atoms with E-state index >= 15 is 0 Å². The van der Waals surface area contributed by atoms with Crippen LogP contribution in [0.15, 0.2) is 54.6 Å². The number of rotatable bonds is 6. The maximum Gasteiger partial charge on any atom is 0.258 e. The van der Waals surface area contributed by atoms with Crippen LogP contribution in [0.5, 0.6) is 5.75 Å². The molecule has 0 heterocycles. The van der Waals surface area contributed by atoms with Gasteiger partial charge in [-0.1, -0.05) is 42.5 Å². The average Bonchev–Trinajstić information content (AvgIpc) is 2.54. The Morgan fingerprint density at radius 2 is 1.95 bits per heavy atom. The van der Waals surface area contributed by atoms with Crippen LogP contribution in [0.2, 0.25) is 0 Å². The molecule has 0 aliphatic carbocycles. The molecule has 1 atom stereocenters. The summed E-state index contributed by atoms with van der Waals surface area (Å²) in [5.41, 5.74) is 1.55. The van der Waals surface area contributed by atoms with Gasteiger partial charge in [-0.15, -0.1) is 0 Å². The Morgan fingerprint density at radius 3 is 2.67 bits per heavy atom. The predicted octanol–water partition coefficient (Wildman–Crippen LogP) is 2.76. The molecule has 0 saturated carbocycles. The van der Waals surface area contributed by atoms with E-state index in [1.807, 2.05) is 37.3 Å². The van der Waals surface area contributed by atoms with Crippen LogP contribution in [0.3, 0.4) is 0 Å². The molecule has 108 valence electrons. The molecule has 0 aliphatic rings. The second-order valence-electron chi connectivity index (χ2n) is 4.68. The van der Waals surface area contributed by atoms with Gasteiger partial charge in [-0.2, -0.15) is 0 Å². The van der Waals surface area contributed by atoms with Crippen LogP contribution in [-0.4, -0.2) is 18.8 Å². The Kier molecular flexibility index (Phi) is 5.10. The lowest BCUT2D eigenvalue weighted by atomic mass is 10.1. The Balaban J connectivity index is 1.86. The number of carbonyl (C=O) groups excluding carboxylic acids is 2. The third-order valence-corrected chi connectivity index (χ3v) is 3.04. The van der Waals surface area contributed by atoms with E-state index in [1.165, 1.54) is 0 Å². The Bertz CT molecular complexity index is 610. The maximum atomic E-state index is 11.8. The zero-order valence-corrected chi connectivity index (χ0v) is 11.8. The molecule has 2 aromatic carbocycles. The van der Waals surface area contributed by atoms with Gasteiger partial charge in [-0.3, -0.25) is 9.59 Å². The highest BCUT2D eigenvalue weighted by molar-refractivity contribution is 5.78. The molecule has 0 bridgehead atoms. The minimum absolute atomic E-state index is 0.0800. The summed E-state index contributed by atoms with van der Waals surface area (Å²) in [6, 6.07) is 16.3. The van der Waals surface area contributed by atoms with Crippen molar-refractivity contribution in [3.8, 4) is 5.75 Å². The second-order valence-corrected chi connectivity index (χ2v) is 4.68. The van der Waals surface area contributed by atoms with Crippen molar-refractivity contribution in [1.29, 1.82) is 0 Å². The third-order valence-electron chi connectivity index (χ3n) is 3.04. The van der Waals surface area contributed by atoms with E-state index in [-0.39, 0.29) is 18.6 Å². The highest BCUT2D eigenvalue weighted by atomic mass is 16.5. The Morgan fingerprint density at radius 1 is 1.19 bits per heavy atom. The number of benzene rings is 2. The second kappa shape index (κ2) is 7.24. The van der Waals surface area contributed by atoms with Crippen molar-refractivity contribution < 1.29 is 14.3 Å². The van der Waals surface area contributed by atoms with Crippen LogP contribution in [0.4, 0.5) is 0 Å². The monoisotopic (exact) mass is 283 g/mol. The molecule has 2 rings (SSSR count). The summed E-state index contributed by atoms with van der Waals surface area (Å²) in [6.45, 7) is 1.83. The molecule has 0 spiro atoms. The van der Waals surface area contributed by atoms with Gasteiger partial charge in [0, 0.05) is 5.56 Å². The van der Waals surface area contributed by atoms with Gasteiger partial charge >= 0.3 is 0 Å². The van der Waals surface area contributed by atoms with Gasteiger partial charge in [0.15, 0.2) is 6.61 Å². The van der Waals surface area contributed by atoms with Gasteiger partial charge in [0.05, 0.1) is 6.04 Å². The van der Waals surface area contributed by atoms with E-state index < -0.39 is 0 Å². The first-order valence-electron chi connectivity index (χ1n) is 6.71. The van der Waals surface area contributed by atoms with Crippen molar-refractivity contribution in [2.45, 2.75) is 13.0 Å². The molecule has 4 nitrogen and oxygen atoms in total. The van der Waals surface area contributed by atoms with Crippen LogP contribution >= 0.6 is 0 Å². The summed E-state index contributed by atoms with van der Waals surface area (Å²) >= 11 is 0. The summed E-state index contributed by atoms with van der Waals surface area (Å²) < 4.78 is 5.38. The van der Waals surface area contributed by atoms with Crippen molar-refractivity contribution in [1.82, 2.24) is 5.32 Å². The van der Waals surface area contributed by atoms with E-state index in [4.69, 9.17) is 4.74 Å². The molecule has 0 aliphatic heterocycles. The van der Waals surface area contributed by atoms with Crippen LogP contribution < -0.4 is 10.1 Å². The van der Waals surface area contributed by atoms with Gasteiger partial charge < -0.3 is 10.1 Å². The van der Waals surface area contributed by atoms with Crippen LogP contribution in [-0.2, 0) is 4.79 Å². The van der Waals surface area contributed by atoms with Gasteiger partial charge in [-0.25, -0.2) is 0 Å².